The molecule has 1 aliphatic heterocycles. The number of alkyl halides is 2. The monoisotopic (exact) mass is 286 g/mol. The molecule has 1 aliphatic rings. The van der Waals surface area contributed by atoms with Crippen molar-refractivity contribution in [1.29, 1.82) is 0 Å². The third kappa shape index (κ3) is 3.72. The highest BCUT2D eigenvalue weighted by Crippen LogP contribution is 2.42. The first-order chi connectivity index (χ1) is 9.35. The molecule has 0 saturated heterocycles. The molecular weight excluding hydrogens is 270 g/mol. The molecule has 2 rings (SSSR count). The van der Waals surface area contributed by atoms with Crippen molar-refractivity contribution in [2.24, 2.45) is 5.92 Å². The molecule has 0 aromatic heterocycles. The number of nitrogens with one attached hydrogen (secondary N) is 2. The third-order valence-electron chi connectivity index (χ3n) is 2.56. The Morgan fingerprint density at radius 3 is 2.70 bits per heavy atom. The van der Waals surface area contributed by atoms with Gasteiger partial charge in [-0.05, 0) is 18.1 Å². The van der Waals surface area contributed by atoms with Gasteiger partial charge in [0.1, 0.15) is 0 Å². The molecule has 0 radical (unpaired) electrons. The van der Waals surface area contributed by atoms with E-state index in [2.05, 4.69) is 20.1 Å². The Balaban J connectivity index is 1.88. The van der Waals surface area contributed by atoms with Crippen LogP contribution in [-0.2, 0) is 4.79 Å². The summed E-state index contributed by atoms with van der Waals surface area (Å²) in [5, 5.41) is 5.57. The summed E-state index contributed by atoms with van der Waals surface area (Å²) in [6.07, 6.45) is -3.63. The number of carbonyl (C=O) groups is 1. The van der Waals surface area contributed by atoms with E-state index >= 15 is 0 Å². The van der Waals surface area contributed by atoms with Gasteiger partial charge in [0, 0.05) is 18.3 Å². The second-order valence-corrected chi connectivity index (χ2v) is 4.88. The van der Waals surface area contributed by atoms with Crippen LogP contribution in [0.2, 0.25) is 0 Å². The maximum atomic E-state index is 12.8. The standard InChI is InChI=1S/C13H16F2N2O3/c1-8(2)6-17-12(18)7-16-9-3-4-10-11(5-9)20-13(14,15)19-10/h3-5,8,16H,6-7H2,1-2H3,(H,17,18). The van der Waals surface area contributed by atoms with E-state index in [9.17, 15) is 13.6 Å². The first-order valence-electron chi connectivity index (χ1n) is 6.26. The molecule has 0 spiro atoms. The highest BCUT2D eigenvalue weighted by molar-refractivity contribution is 5.80. The number of halogens is 2. The van der Waals surface area contributed by atoms with Crippen molar-refractivity contribution in [2.75, 3.05) is 18.4 Å². The molecule has 1 aromatic carbocycles. The van der Waals surface area contributed by atoms with E-state index in [1.807, 2.05) is 13.8 Å². The largest absolute Gasteiger partial charge is 0.586 e. The molecule has 0 atom stereocenters. The molecule has 0 aliphatic carbocycles. The topological polar surface area (TPSA) is 59.6 Å². The van der Waals surface area contributed by atoms with Gasteiger partial charge in [-0.2, -0.15) is 0 Å². The number of hydrogen-bond acceptors (Lipinski definition) is 4. The van der Waals surface area contributed by atoms with Crippen molar-refractivity contribution in [3.63, 3.8) is 0 Å². The van der Waals surface area contributed by atoms with E-state index in [-0.39, 0.29) is 24.0 Å². The molecule has 110 valence electrons. The number of hydrogen-bond donors (Lipinski definition) is 2. The van der Waals surface area contributed by atoms with Gasteiger partial charge in [-0.1, -0.05) is 13.8 Å². The third-order valence-corrected chi connectivity index (χ3v) is 2.56. The molecule has 1 aromatic rings. The van der Waals surface area contributed by atoms with Crippen LogP contribution in [0.1, 0.15) is 13.8 Å². The molecule has 1 heterocycles. The van der Waals surface area contributed by atoms with E-state index in [1.54, 1.807) is 6.07 Å². The van der Waals surface area contributed by atoms with Crippen molar-refractivity contribution >= 4 is 11.6 Å². The van der Waals surface area contributed by atoms with Gasteiger partial charge in [-0.15, -0.1) is 8.78 Å². The predicted molar refractivity (Wildman–Crippen MR) is 69.0 cm³/mol. The Kier molecular flexibility index (Phi) is 3.96. The van der Waals surface area contributed by atoms with Gasteiger partial charge in [0.05, 0.1) is 6.54 Å². The van der Waals surface area contributed by atoms with Gasteiger partial charge >= 0.3 is 6.29 Å². The zero-order chi connectivity index (χ0) is 14.8. The molecular formula is C13H16F2N2O3. The van der Waals surface area contributed by atoms with Crippen LogP contribution in [0.4, 0.5) is 14.5 Å². The van der Waals surface area contributed by atoms with E-state index in [1.165, 1.54) is 12.1 Å². The highest BCUT2D eigenvalue weighted by atomic mass is 19.3. The van der Waals surface area contributed by atoms with Crippen molar-refractivity contribution in [3.05, 3.63) is 18.2 Å². The van der Waals surface area contributed by atoms with Gasteiger partial charge in [0.15, 0.2) is 11.5 Å². The number of benzene rings is 1. The van der Waals surface area contributed by atoms with Crippen LogP contribution in [0.5, 0.6) is 11.5 Å². The van der Waals surface area contributed by atoms with Crippen LogP contribution in [-0.4, -0.2) is 25.3 Å². The summed E-state index contributed by atoms with van der Waals surface area (Å²) in [5.41, 5.74) is 0.504. The second kappa shape index (κ2) is 5.52. The molecule has 5 nitrogen and oxygen atoms in total. The summed E-state index contributed by atoms with van der Waals surface area (Å²) in [4.78, 5) is 11.5. The smallest absolute Gasteiger partial charge is 0.395 e. The fraction of sp³-hybridized carbons (Fsp3) is 0.462. The zero-order valence-corrected chi connectivity index (χ0v) is 11.2. The summed E-state index contributed by atoms with van der Waals surface area (Å²) in [6.45, 7) is 4.63. The zero-order valence-electron chi connectivity index (χ0n) is 11.2. The second-order valence-electron chi connectivity index (χ2n) is 4.88. The minimum Gasteiger partial charge on any atom is -0.395 e. The van der Waals surface area contributed by atoms with Gasteiger partial charge in [-0.25, -0.2) is 0 Å². The van der Waals surface area contributed by atoms with Gasteiger partial charge in [-0.3, -0.25) is 4.79 Å². The lowest BCUT2D eigenvalue weighted by Gasteiger charge is -2.09. The van der Waals surface area contributed by atoms with Crippen LogP contribution in [0.3, 0.4) is 0 Å². The van der Waals surface area contributed by atoms with E-state index in [4.69, 9.17) is 0 Å². The van der Waals surface area contributed by atoms with Crippen molar-refractivity contribution in [2.45, 2.75) is 20.1 Å². The Hall–Kier alpha value is -2.05. The normalized spacial score (nSPS) is 15.2. The lowest BCUT2D eigenvalue weighted by Crippen LogP contribution is -2.32. The first kappa shape index (κ1) is 14.4. The molecule has 0 saturated carbocycles. The fourth-order valence-corrected chi connectivity index (χ4v) is 1.62. The van der Waals surface area contributed by atoms with E-state index < -0.39 is 6.29 Å². The van der Waals surface area contributed by atoms with Crippen LogP contribution < -0.4 is 20.1 Å². The maximum absolute atomic E-state index is 12.8. The summed E-state index contributed by atoms with van der Waals surface area (Å²) >= 11 is 0. The summed E-state index contributed by atoms with van der Waals surface area (Å²) in [5.74, 6) is 0.126. The Morgan fingerprint density at radius 1 is 1.30 bits per heavy atom. The van der Waals surface area contributed by atoms with Gasteiger partial charge < -0.3 is 20.1 Å². The molecule has 0 unspecified atom stereocenters. The number of amides is 1. The van der Waals surface area contributed by atoms with Crippen molar-refractivity contribution in [1.82, 2.24) is 5.32 Å². The van der Waals surface area contributed by atoms with Crippen molar-refractivity contribution < 1.29 is 23.0 Å². The minimum atomic E-state index is -3.63. The van der Waals surface area contributed by atoms with Gasteiger partial charge in [0.25, 0.3) is 0 Å². The lowest BCUT2D eigenvalue weighted by atomic mass is 10.2. The molecule has 0 fully saturated rings. The molecule has 1 amide bonds. The average Bonchev–Trinajstić information content (AvgIpc) is 2.66. The Morgan fingerprint density at radius 2 is 2.00 bits per heavy atom. The first-order valence-corrected chi connectivity index (χ1v) is 6.26. The molecule has 0 bridgehead atoms. The number of carbonyl (C=O) groups excluding carboxylic acids is 1. The number of rotatable bonds is 5. The number of fused-ring (bicyclic) bond motifs is 1. The fourth-order valence-electron chi connectivity index (χ4n) is 1.62. The van der Waals surface area contributed by atoms with E-state index in [0.717, 1.165) is 0 Å². The Bertz CT molecular complexity index is 506. The molecule has 2 N–H and O–H groups in total. The number of anilines is 1. The summed E-state index contributed by atoms with van der Waals surface area (Å²) in [6, 6.07) is 4.27. The summed E-state index contributed by atoms with van der Waals surface area (Å²) < 4.78 is 34.3. The number of ether oxygens (including phenoxy) is 2. The predicted octanol–water partition coefficient (Wildman–Crippen LogP) is 2.19. The summed E-state index contributed by atoms with van der Waals surface area (Å²) in [7, 11) is 0. The Labute approximate surface area is 115 Å². The molecule has 20 heavy (non-hydrogen) atoms. The van der Waals surface area contributed by atoms with Crippen LogP contribution >= 0.6 is 0 Å². The maximum Gasteiger partial charge on any atom is 0.586 e. The quantitative estimate of drug-likeness (QED) is 0.871. The lowest BCUT2D eigenvalue weighted by molar-refractivity contribution is -0.286. The van der Waals surface area contributed by atoms with Crippen LogP contribution in [0.15, 0.2) is 18.2 Å². The van der Waals surface area contributed by atoms with Crippen LogP contribution in [0, 0.1) is 5.92 Å². The van der Waals surface area contributed by atoms with Gasteiger partial charge in [0.2, 0.25) is 5.91 Å². The highest BCUT2D eigenvalue weighted by Gasteiger charge is 2.43. The van der Waals surface area contributed by atoms with Crippen molar-refractivity contribution in [3.8, 4) is 11.5 Å². The molecule has 7 heteroatoms. The average molecular weight is 286 g/mol. The van der Waals surface area contributed by atoms with E-state index in [0.29, 0.717) is 18.2 Å². The van der Waals surface area contributed by atoms with Crippen LogP contribution in [0.25, 0.3) is 0 Å². The SMILES string of the molecule is CC(C)CNC(=O)CNc1ccc2c(c1)OC(F)(F)O2. The minimum absolute atomic E-state index is 0.0233.